The molecule has 9 heterocycles. The number of amides is 11. The van der Waals surface area contributed by atoms with E-state index < -0.39 is 113 Å². The number of hydrogen-bond acceptors (Lipinski definition) is 24. The Balaban J connectivity index is 0.873. The summed E-state index contributed by atoms with van der Waals surface area (Å²) >= 11 is 6.08. The number of phenolic OH excluding ortho intramolecular Hbond substituents is 1. The van der Waals surface area contributed by atoms with Crippen LogP contribution in [0.5, 0.6) is 5.75 Å². The number of aryl methyl sites for hydroxylation is 1. The quantitative estimate of drug-likeness (QED) is 0.0452. The molecule has 0 spiro atoms. The van der Waals surface area contributed by atoms with E-state index in [1.165, 1.54) is 75.1 Å². The minimum atomic E-state index is -1.08. The molecule has 6 bridgehead atoms. The number of rotatable bonds is 19. The van der Waals surface area contributed by atoms with Gasteiger partial charge in [0.15, 0.2) is 5.69 Å². The molecule has 7 unspecified atom stereocenters. The number of nitrogens with one attached hydrogen (secondary N) is 7. The Morgan fingerprint density at radius 2 is 1.42 bits per heavy atom. The first-order valence-corrected chi connectivity index (χ1v) is 38.2. The number of aromatic hydroxyl groups is 1. The van der Waals surface area contributed by atoms with Crippen molar-refractivity contribution in [2.45, 2.75) is 114 Å². The van der Waals surface area contributed by atoms with E-state index in [0.29, 0.717) is 91.7 Å². The molecular formula is C72H71N17O13S5. The van der Waals surface area contributed by atoms with E-state index >= 15 is 0 Å². The highest BCUT2D eigenvalue weighted by atomic mass is 32.2. The maximum absolute atomic E-state index is 15.0. The van der Waals surface area contributed by atoms with E-state index in [1.54, 1.807) is 46.9 Å². The third kappa shape index (κ3) is 17.6. The molecule has 7 aromatic rings. The van der Waals surface area contributed by atoms with Crippen LogP contribution in [0, 0.1) is 6.92 Å². The fourth-order valence-electron chi connectivity index (χ4n) is 12.4. The number of carbonyl (C=O) groups is 11. The molecule has 35 heteroatoms. The summed E-state index contributed by atoms with van der Waals surface area (Å²) in [6.45, 7) is 14.1. The van der Waals surface area contributed by atoms with Crippen LogP contribution in [0.15, 0.2) is 141 Å². The monoisotopic (exact) mass is 1540 g/mol. The minimum Gasteiger partial charge on any atom is -0.508 e. The highest BCUT2D eigenvalue weighted by Crippen LogP contribution is 2.40. The Bertz CT molecular complexity index is 4910. The van der Waals surface area contributed by atoms with Crippen molar-refractivity contribution in [2.75, 3.05) is 18.8 Å². The minimum absolute atomic E-state index is 0.0343. The lowest BCUT2D eigenvalue weighted by molar-refractivity contribution is -0.137. The number of oxazole rings is 1. The van der Waals surface area contributed by atoms with Crippen molar-refractivity contribution in [3.05, 3.63) is 202 Å². The zero-order valence-electron chi connectivity index (χ0n) is 57.5. The number of nitrogens with zero attached hydrogens (tertiary/aromatic N) is 8. The summed E-state index contributed by atoms with van der Waals surface area (Å²) < 4.78 is 6.20. The van der Waals surface area contributed by atoms with Gasteiger partial charge in [-0.3, -0.25) is 57.7 Å². The predicted molar refractivity (Wildman–Crippen MR) is 401 cm³/mol. The van der Waals surface area contributed by atoms with Crippen molar-refractivity contribution < 1.29 is 62.3 Å². The molecular weight excluding hydrogens is 1470 g/mol. The number of likely N-dealkylation sites (tertiary alicyclic amines) is 1. The molecule has 4 aliphatic heterocycles. The van der Waals surface area contributed by atoms with Gasteiger partial charge >= 0.3 is 0 Å². The number of thiazole rings is 4. The first-order chi connectivity index (χ1) is 51.3. The lowest BCUT2D eigenvalue weighted by Gasteiger charge is -2.29. The van der Waals surface area contributed by atoms with Gasteiger partial charge in [-0.25, -0.2) is 24.9 Å². The number of primary amides is 2. The molecule has 107 heavy (non-hydrogen) atoms. The average molecular weight is 1540 g/mol. The van der Waals surface area contributed by atoms with E-state index in [-0.39, 0.29) is 89.8 Å². The van der Waals surface area contributed by atoms with Crippen LogP contribution in [0.25, 0.3) is 16.7 Å². The smallest absolute Gasteiger partial charge is 0.276 e. The third-order valence-electron chi connectivity index (χ3n) is 18.0. The van der Waals surface area contributed by atoms with Gasteiger partial charge in [0.05, 0.1) is 51.0 Å². The number of aromatic nitrogens is 5. The molecule has 2 aromatic carbocycles. The molecule has 1 aliphatic carbocycles. The number of aliphatic imine (C=N–C) groups is 1. The number of nitrogens with two attached hydrogens (primary N) is 2. The third-order valence-corrected chi connectivity index (χ3v) is 22.8. The topological polar surface area (TPSA) is 441 Å². The largest absolute Gasteiger partial charge is 0.508 e. The van der Waals surface area contributed by atoms with Gasteiger partial charge in [-0.05, 0) is 93.7 Å². The number of thioether (sulfide) groups is 1. The van der Waals surface area contributed by atoms with Crippen LogP contribution in [0.4, 0.5) is 0 Å². The number of benzene rings is 2. The SMILES string of the molecule is C=C(NC(=O)C(=C)NC(=O)C1CCCN1C(=O)c1nc(C2=CCCC(c3csc(C4Cc5nc(cs5)C(=O)NC(Cc5ccccc5)C5=NC(CS5)C(=O)NC(Cc5ccc(O)cc5)C(=O)N5CCCC5c5nc(cs5)C(=O)N4)n3)=C(c3nc(C(=O)NC(=C)C(=O)NC(C)C(N)=O)cs3)C=C2)oc1C)C(N)=O. The highest BCUT2D eigenvalue weighted by Gasteiger charge is 2.41. The molecule has 5 aliphatic rings. The maximum atomic E-state index is 15.0. The van der Waals surface area contributed by atoms with Gasteiger partial charge in [0, 0.05) is 64.4 Å². The van der Waals surface area contributed by atoms with Gasteiger partial charge in [-0.2, -0.15) is 0 Å². The van der Waals surface area contributed by atoms with E-state index in [1.807, 2.05) is 41.8 Å². The van der Waals surface area contributed by atoms with Crippen LogP contribution in [0.1, 0.15) is 148 Å². The summed E-state index contributed by atoms with van der Waals surface area (Å²) in [5.74, 6) is -7.22. The molecule has 0 radical (unpaired) electrons. The van der Waals surface area contributed by atoms with Crippen LogP contribution in [-0.2, 0) is 52.8 Å². The first-order valence-electron chi connectivity index (χ1n) is 33.7. The second-order valence-electron chi connectivity index (χ2n) is 25.5. The molecule has 12 N–H and O–H groups in total. The van der Waals surface area contributed by atoms with E-state index in [4.69, 9.17) is 40.8 Å². The summed E-state index contributed by atoms with van der Waals surface area (Å²) in [5, 5.41) is 37.6. The highest BCUT2D eigenvalue weighted by molar-refractivity contribution is 8.14. The molecule has 7 atom stereocenters. The normalized spacial score (nSPS) is 20.1. The molecule has 2 fully saturated rings. The fourth-order valence-corrected chi connectivity index (χ4v) is 17.0. The summed E-state index contributed by atoms with van der Waals surface area (Å²) in [5.41, 5.74) is 12.8. The Morgan fingerprint density at radius 1 is 0.729 bits per heavy atom. The van der Waals surface area contributed by atoms with Gasteiger partial charge in [-0.15, -0.1) is 57.1 Å². The van der Waals surface area contributed by atoms with Crippen molar-refractivity contribution in [1.82, 2.24) is 71.9 Å². The second kappa shape index (κ2) is 32.9. The number of phenols is 1. The maximum Gasteiger partial charge on any atom is 0.276 e. The number of fused-ring (bicyclic) bond motifs is 7. The molecule has 12 rings (SSSR count). The van der Waals surface area contributed by atoms with E-state index in [0.717, 1.165) is 16.9 Å². The lowest BCUT2D eigenvalue weighted by atomic mass is 9.96. The fraction of sp³-hybridized carbons (Fsp3) is 0.292. The van der Waals surface area contributed by atoms with Crippen LogP contribution >= 0.6 is 57.1 Å². The van der Waals surface area contributed by atoms with Crippen molar-refractivity contribution in [3.8, 4) is 5.75 Å². The van der Waals surface area contributed by atoms with Crippen molar-refractivity contribution in [2.24, 2.45) is 16.5 Å². The Labute approximate surface area is 631 Å². The molecule has 2 saturated heterocycles. The van der Waals surface area contributed by atoms with Gasteiger partial charge in [0.25, 0.3) is 41.4 Å². The van der Waals surface area contributed by atoms with Gasteiger partial charge in [-0.1, -0.05) is 74.4 Å². The van der Waals surface area contributed by atoms with Crippen LogP contribution in [0.3, 0.4) is 0 Å². The zero-order valence-corrected chi connectivity index (χ0v) is 61.6. The van der Waals surface area contributed by atoms with Gasteiger partial charge in [0.1, 0.15) is 67.8 Å². The van der Waals surface area contributed by atoms with E-state index in [9.17, 15) is 57.8 Å². The molecule has 11 amide bonds. The average Bonchev–Trinajstić information content (AvgIpc) is 1.67. The zero-order chi connectivity index (χ0) is 75.9. The standard InChI is InChI=1S/C72H71N17O13S5/c1-34(57(73)91)75-59(93)36(3)77-61(95)50-31-104-67(84-50)44-23-20-41(66-87-56(38(5)102-66)72(101)88-24-10-16-53(88)65(99)78-37(4)60(94)76-35(2)58(74)92)14-9-15-43(44)48-29-105-69(83-48)46-28-55-79-49(30-103-55)62(96)80-45(26-39-12-7-6-8-13-39)68-85-51(32-106-68)64(98)82-47(27-40-18-21-42(90)22-19-40)71(100)89-25-11-17-54(89)70-86-52(33-107-70)63(97)81-46/h6-8,12-14,18-23,29-31,33-34,45-47,51,53-54,90H,2-4,9-11,15-17,24-28,32H2,1,5H3,(H2,73,91)(H2,74,92)(H,75,93)(H,76,94)(H,77,95)(H,78,99)(H,80,96)(H,81,97)(H,82,98). The molecule has 5 aromatic heterocycles. The van der Waals surface area contributed by atoms with Gasteiger partial charge < -0.3 is 68.0 Å². The Morgan fingerprint density at radius 3 is 2.19 bits per heavy atom. The lowest BCUT2D eigenvalue weighted by Crippen LogP contribution is -2.51. The van der Waals surface area contributed by atoms with E-state index in [2.05, 4.69) is 61.9 Å². The predicted octanol–water partition coefficient (Wildman–Crippen LogP) is 5.42. The van der Waals surface area contributed by atoms with Crippen LogP contribution in [0.2, 0.25) is 0 Å². The molecule has 552 valence electrons. The summed E-state index contributed by atoms with van der Waals surface area (Å²) in [6, 6.07) is 9.66. The first kappa shape index (κ1) is 75.3. The number of allylic oxidation sites excluding steroid dienone is 6. The van der Waals surface area contributed by atoms with Crippen molar-refractivity contribution in [1.29, 1.82) is 0 Å². The van der Waals surface area contributed by atoms with Gasteiger partial charge in [0.2, 0.25) is 29.5 Å². The Hall–Kier alpha value is -11.4. The number of hydrogen-bond donors (Lipinski definition) is 10. The molecule has 30 nitrogen and oxygen atoms in total. The van der Waals surface area contributed by atoms with Crippen LogP contribution in [-0.4, -0.2) is 159 Å². The summed E-state index contributed by atoms with van der Waals surface area (Å²) in [7, 11) is 0. The van der Waals surface area contributed by atoms with Crippen LogP contribution < -0.4 is 48.7 Å². The van der Waals surface area contributed by atoms with Crippen molar-refractivity contribution in [3.63, 3.8) is 0 Å². The number of carbonyl (C=O) groups excluding carboxylic acids is 11. The Kier molecular flexibility index (Phi) is 23.2. The molecule has 0 saturated carbocycles. The second-order valence-corrected chi connectivity index (χ2v) is 30.1. The van der Waals surface area contributed by atoms with Crippen molar-refractivity contribution >= 4 is 144 Å². The summed E-state index contributed by atoms with van der Waals surface area (Å²) in [4.78, 5) is 182. The summed E-state index contributed by atoms with van der Waals surface area (Å²) in [6.07, 6.45) is 8.06.